The van der Waals surface area contributed by atoms with Crippen molar-refractivity contribution in [2.24, 2.45) is 0 Å². The number of unbranched alkanes of at least 4 members (excludes halogenated alkanes) is 9. The molecule has 0 rings (SSSR count). The summed E-state index contributed by atoms with van der Waals surface area (Å²) in [5.74, 6) is -1.06. The molecule has 0 aromatic heterocycles. The number of hydrogen-bond donors (Lipinski definition) is 0. The third-order valence-electron chi connectivity index (χ3n) is 11.8. The first-order valence-corrected chi connectivity index (χ1v) is 30.4. The Balaban J connectivity index is 4.50. The van der Waals surface area contributed by atoms with Crippen LogP contribution in [0.15, 0.2) is 194 Å². The van der Waals surface area contributed by atoms with Gasteiger partial charge in [0.25, 0.3) is 0 Å². The Labute approximate surface area is 477 Å². The average Bonchev–Trinajstić information content (AvgIpc) is 3.44. The van der Waals surface area contributed by atoms with Gasteiger partial charge in [-0.05, 0) is 154 Å². The van der Waals surface area contributed by atoms with Crippen LogP contribution >= 0.6 is 0 Å². The van der Waals surface area contributed by atoms with Gasteiger partial charge in [-0.25, -0.2) is 0 Å². The molecule has 0 aliphatic heterocycles. The molecule has 78 heavy (non-hydrogen) atoms. The molecule has 0 spiro atoms. The summed E-state index contributed by atoms with van der Waals surface area (Å²) in [5, 5.41) is 0. The summed E-state index contributed by atoms with van der Waals surface area (Å²) in [5.41, 5.74) is 0. The Morgan fingerprint density at radius 2 is 0.513 bits per heavy atom. The number of carbonyl (C=O) groups is 3. The molecule has 1 unspecified atom stereocenters. The van der Waals surface area contributed by atoms with E-state index < -0.39 is 6.10 Å². The monoisotopic (exact) mass is 1070 g/mol. The van der Waals surface area contributed by atoms with Crippen molar-refractivity contribution in [1.29, 1.82) is 0 Å². The van der Waals surface area contributed by atoms with Crippen LogP contribution in [0.1, 0.15) is 220 Å². The van der Waals surface area contributed by atoms with Gasteiger partial charge in [-0.15, -0.1) is 0 Å². The third kappa shape index (κ3) is 61.1. The van der Waals surface area contributed by atoms with E-state index in [1.165, 1.54) is 12.8 Å². The lowest BCUT2D eigenvalue weighted by atomic mass is 10.1. The zero-order chi connectivity index (χ0) is 56.4. The largest absolute Gasteiger partial charge is 0.462 e. The second kappa shape index (κ2) is 63.8. The number of hydrogen-bond acceptors (Lipinski definition) is 6. The molecule has 6 nitrogen and oxygen atoms in total. The second-order valence-corrected chi connectivity index (χ2v) is 19.1. The van der Waals surface area contributed by atoms with Crippen molar-refractivity contribution in [3.05, 3.63) is 194 Å². The number of ether oxygens (including phenoxy) is 3. The van der Waals surface area contributed by atoms with Gasteiger partial charge in [-0.2, -0.15) is 0 Å². The van der Waals surface area contributed by atoms with E-state index >= 15 is 0 Å². The van der Waals surface area contributed by atoms with E-state index in [1.54, 1.807) is 0 Å². The SMILES string of the molecule is CC/C=C\C/C=C\C/C=C\C/C=C\C/C=C\C/C=C\C/C=C\C/C=C\C/C=C\CCCC(=O)OCC(COC(=O)CCCCCCC/C=C\CCC)OC(=O)CCCC/C=C\C/C=C\C/C=C\C/C=C\C/C=C\C/C=C\CC. The lowest BCUT2D eigenvalue weighted by Gasteiger charge is -2.18. The number of allylic oxidation sites excluding steroid dienone is 32. The smallest absolute Gasteiger partial charge is 0.306 e. The first-order valence-electron chi connectivity index (χ1n) is 30.4. The molecular formula is C72H108O6. The van der Waals surface area contributed by atoms with Crippen LogP contribution in [0.2, 0.25) is 0 Å². The van der Waals surface area contributed by atoms with Crippen LogP contribution in [0.4, 0.5) is 0 Å². The fraction of sp³-hybridized carbons (Fsp3) is 0.514. The van der Waals surface area contributed by atoms with Gasteiger partial charge < -0.3 is 14.2 Å². The van der Waals surface area contributed by atoms with Crippen molar-refractivity contribution < 1.29 is 28.6 Å². The molecule has 0 radical (unpaired) electrons. The van der Waals surface area contributed by atoms with Crippen LogP contribution in [0.25, 0.3) is 0 Å². The average molecular weight is 1070 g/mol. The minimum Gasteiger partial charge on any atom is -0.462 e. The maximum absolute atomic E-state index is 12.9. The molecule has 0 heterocycles. The first-order chi connectivity index (χ1) is 38.5. The molecule has 0 aromatic rings. The first kappa shape index (κ1) is 72.2. The minimum atomic E-state index is -0.840. The van der Waals surface area contributed by atoms with Crippen molar-refractivity contribution >= 4 is 17.9 Å². The highest BCUT2D eigenvalue weighted by Crippen LogP contribution is 2.11. The Kier molecular flexibility index (Phi) is 59.1. The van der Waals surface area contributed by atoms with Crippen molar-refractivity contribution in [3.8, 4) is 0 Å². The topological polar surface area (TPSA) is 78.9 Å². The standard InChI is InChI=1S/C72H108O6/c1-4-7-10-13-16-19-22-24-26-28-30-32-33-34-35-36-37-38-39-41-42-44-46-48-50-53-56-59-62-65-71(74)77-68-69(67-76-70(73)64-61-58-55-52-21-18-15-12-9-6-3)78-72(75)66-63-60-57-54-51-49-47-45-43-40-31-29-27-25-23-20-17-14-11-8-5-2/h7-8,10-12,15-17,19-20,24-27,30-32,34-35,37-38,40-42,45-48,51,53-54,56,69H,4-6,9,13-14,18,21-23,28-29,33,36,39,43-44,49-50,52,55,57-68H2,1-3H3/b10-7-,11-8-,15-12-,19-16-,20-17-,26-24-,27-25-,32-30-,35-34-,38-37-,40-31-,42-41-,47-45-,48-46-,54-51-,56-53-. The maximum Gasteiger partial charge on any atom is 0.306 e. The van der Waals surface area contributed by atoms with Crippen LogP contribution in [0, 0.1) is 0 Å². The fourth-order valence-electron chi connectivity index (χ4n) is 7.33. The predicted molar refractivity (Wildman–Crippen MR) is 338 cm³/mol. The summed E-state index contributed by atoms with van der Waals surface area (Å²) in [6.07, 6.45) is 97.3. The predicted octanol–water partition coefficient (Wildman–Crippen LogP) is 21.0. The molecule has 0 aliphatic carbocycles. The van der Waals surface area contributed by atoms with E-state index in [-0.39, 0.29) is 44.0 Å². The van der Waals surface area contributed by atoms with E-state index in [2.05, 4.69) is 215 Å². The summed E-state index contributed by atoms with van der Waals surface area (Å²) in [4.78, 5) is 38.1. The van der Waals surface area contributed by atoms with E-state index in [9.17, 15) is 14.4 Å². The Morgan fingerprint density at radius 3 is 0.872 bits per heavy atom. The molecule has 0 saturated carbocycles. The summed E-state index contributed by atoms with van der Waals surface area (Å²) in [7, 11) is 0. The Morgan fingerprint density at radius 1 is 0.269 bits per heavy atom. The molecule has 432 valence electrons. The minimum absolute atomic E-state index is 0.129. The van der Waals surface area contributed by atoms with Crippen LogP contribution < -0.4 is 0 Å². The van der Waals surface area contributed by atoms with Gasteiger partial charge in [-0.1, -0.05) is 241 Å². The van der Waals surface area contributed by atoms with Gasteiger partial charge in [-0.3, -0.25) is 14.4 Å². The zero-order valence-electron chi connectivity index (χ0n) is 49.3. The van der Waals surface area contributed by atoms with Gasteiger partial charge in [0, 0.05) is 19.3 Å². The highest BCUT2D eigenvalue weighted by Gasteiger charge is 2.19. The van der Waals surface area contributed by atoms with Crippen LogP contribution in [0.3, 0.4) is 0 Å². The second-order valence-electron chi connectivity index (χ2n) is 19.1. The molecule has 0 aromatic carbocycles. The highest BCUT2D eigenvalue weighted by atomic mass is 16.6. The molecule has 0 saturated heterocycles. The summed E-state index contributed by atoms with van der Waals surface area (Å²) in [6.45, 7) is 6.23. The van der Waals surface area contributed by atoms with Gasteiger partial charge in [0.15, 0.2) is 6.10 Å². The maximum atomic E-state index is 12.9. The van der Waals surface area contributed by atoms with Crippen molar-refractivity contribution in [2.75, 3.05) is 13.2 Å². The van der Waals surface area contributed by atoms with E-state index in [4.69, 9.17) is 14.2 Å². The van der Waals surface area contributed by atoms with Crippen molar-refractivity contribution in [2.45, 2.75) is 226 Å². The van der Waals surface area contributed by atoms with E-state index in [0.717, 1.165) is 154 Å². The van der Waals surface area contributed by atoms with Gasteiger partial charge in [0.05, 0.1) is 0 Å². The van der Waals surface area contributed by atoms with Gasteiger partial charge >= 0.3 is 17.9 Å². The van der Waals surface area contributed by atoms with Crippen LogP contribution in [-0.4, -0.2) is 37.2 Å². The van der Waals surface area contributed by atoms with Crippen LogP contribution in [0.5, 0.6) is 0 Å². The van der Waals surface area contributed by atoms with Crippen LogP contribution in [-0.2, 0) is 28.6 Å². The number of esters is 3. The zero-order valence-corrected chi connectivity index (χ0v) is 49.3. The molecule has 0 fully saturated rings. The molecule has 0 aliphatic rings. The lowest BCUT2D eigenvalue weighted by molar-refractivity contribution is -0.167. The van der Waals surface area contributed by atoms with E-state index in [1.807, 2.05) is 0 Å². The number of rotatable bonds is 52. The molecule has 6 heteroatoms. The highest BCUT2D eigenvalue weighted by molar-refractivity contribution is 5.71. The lowest BCUT2D eigenvalue weighted by Crippen LogP contribution is -2.30. The normalized spacial score (nSPS) is 13.5. The Hall–Kier alpha value is -5.75. The van der Waals surface area contributed by atoms with Crippen molar-refractivity contribution in [3.63, 3.8) is 0 Å². The van der Waals surface area contributed by atoms with E-state index in [0.29, 0.717) is 19.3 Å². The molecular weight excluding hydrogens is 961 g/mol. The quantitative estimate of drug-likeness (QED) is 0.0261. The van der Waals surface area contributed by atoms with Gasteiger partial charge in [0.2, 0.25) is 0 Å². The molecule has 1 atom stereocenters. The summed E-state index contributed by atoms with van der Waals surface area (Å²) >= 11 is 0. The van der Waals surface area contributed by atoms with Crippen molar-refractivity contribution in [1.82, 2.24) is 0 Å². The molecule has 0 bridgehead atoms. The third-order valence-corrected chi connectivity index (χ3v) is 11.8. The Bertz CT molecular complexity index is 1900. The fourth-order valence-corrected chi connectivity index (χ4v) is 7.33. The van der Waals surface area contributed by atoms with Gasteiger partial charge in [0.1, 0.15) is 13.2 Å². The number of carbonyl (C=O) groups excluding carboxylic acids is 3. The molecule has 0 amide bonds. The summed E-state index contributed by atoms with van der Waals surface area (Å²) in [6, 6.07) is 0. The summed E-state index contributed by atoms with van der Waals surface area (Å²) < 4.78 is 16.7. The molecule has 0 N–H and O–H groups in total.